The van der Waals surface area contributed by atoms with Crippen molar-refractivity contribution in [2.75, 3.05) is 19.6 Å². The summed E-state index contributed by atoms with van der Waals surface area (Å²) in [4.78, 5) is 31.3. The van der Waals surface area contributed by atoms with Crippen molar-refractivity contribution in [2.24, 2.45) is 0 Å². The van der Waals surface area contributed by atoms with Crippen molar-refractivity contribution < 1.29 is 14.0 Å². The molecule has 4 aromatic rings. The number of hydrogen-bond donors (Lipinski definition) is 0. The van der Waals surface area contributed by atoms with E-state index in [-0.39, 0.29) is 23.7 Å². The molecule has 34 heavy (non-hydrogen) atoms. The second kappa shape index (κ2) is 9.06. The number of carbonyl (C=O) groups excluding carboxylic acids is 2. The molecule has 0 unspecified atom stereocenters. The van der Waals surface area contributed by atoms with Crippen molar-refractivity contribution in [1.82, 2.24) is 14.4 Å². The molecule has 2 amide bonds. The summed E-state index contributed by atoms with van der Waals surface area (Å²) >= 11 is 1.64. The lowest BCUT2D eigenvalue weighted by molar-refractivity contribution is 0.0409. The highest BCUT2D eigenvalue weighted by Gasteiger charge is 2.32. The average Bonchev–Trinajstić information content (AvgIpc) is 3.42. The second-order valence-corrected chi connectivity index (χ2v) is 9.72. The van der Waals surface area contributed by atoms with E-state index < -0.39 is 0 Å². The van der Waals surface area contributed by atoms with Crippen LogP contribution in [-0.4, -0.2) is 51.9 Å². The van der Waals surface area contributed by atoms with Gasteiger partial charge in [-0.2, -0.15) is 0 Å². The lowest BCUT2D eigenvalue weighted by atomic mass is 10.1. The van der Waals surface area contributed by atoms with Gasteiger partial charge in [0.05, 0.1) is 0 Å². The highest BCUT2D eigenvalue weighted by atomic mass is 32.1. The average molecular weight is 476 g/mol. The standard InChI is InChI=1S/C27H26FN3O2S/c1-18-5-3-4-6-22(18)17-31-24(15-21-11-14-34-27(21)31)26(33)29-12-13-30(19(2)16-29)25(32)20-7-9-23(28)10-8-20/h3-11,14-15,19H,12-13,16-17H2,1-2H3/t19-/m0/s1. The Hall–Kier alpha value is -3.45. The number of halogens is 1. The predicted octanol–water partition coefficient (Wildman–Crippen LogP) is 5.19. The molecule has 2 aromatic heterocycles. The number of thiophene rings is 1. The van der Waals surface area contributed by atoms with Crippen LogP contribution in [0.4, 0.5) is 4.39 Å². The molecule has 2 aromatic carbocycles. The molecule has 7 heteroatoms. The van der Waals surface area contributed by atoms with Crippen LogP contribution < -0.4 is 0 Å². The second-order valence-electron chi connectivity index (χ2n) is 8.83. The third-order valence-electron chi connectivity index (χ3n) is 6.58. The van der Waals surface area contributed by atoms with Gasteiger partial charge in [-0.05, 0) is 66.8 Å². The summed E-state index contributed by atoms with van der Waals surface area (Å²) in [5.74, 6) is -0.519. The molecule has 1 atom stereocenters. The molecule has 5 rings (SSSR count). The molecule has 0 saturated carbocycles. The van der Waals surface area contributed by atoms with E-state index in [2.05, 4.69) is 29.0 Å². The van der Waals surface area contributed by atoms with Gasteiger partial charge in [-0.1, -0.05) is 24.3 Å². The maximum atomic E-state index is 13.7. The van der Waals surface area contributed by atoms with E-state index in [1.807, 2.05) is 36.1 Å². The van der Waals surface area contributed by atoms with Crippen LogP contribution in [0.15, 0.2) is 66.0 Å². The minimum atomic E-state index is -0.367. The molecule has 1 fully saturated rings. The van der Waals surface area contributed by atoms with E-state index >= 15 is 0 Å². The number of nitrogens with zero attached hydrogens (tertiary/aromatic N) is 3. The van der Waals surface area contributed by atoms with E-state index in [9.17, 15) is 14.0 Å². The highest BCUT2D eigenvalue weighted by molar-refractivity contribution is 7.16. The van der Waals surface area contributed by atoms with Gasteiger partial charge in [-0.3, -0.25) is 9.59 Å². The van der Waals surface area contributed by atoms with Crippen LogP contribution in [0.3, 0.4) is 0 Å². The first-order chi connectivity index (χ1) is 16.4. The number of carbonyl (C=O) groups is 2. The summed E-state index contributed by atoms with van der Waals surface area (Å²) in [6.07, 6.45) is 0. The molecular weight excluding hydrogens is 449 g/mol. The van der Waals surface area contributed by atoms with E-state index in [1.165, 1.54) is 35.4 Å². The number of rotatable bonds is 4. The Morgan fingerprint density at radius 1 is 1.03 bits per heavy atom. The minimum absolute atomic E-state index is 0.0160. The quantitative estimate of drug-likeness (QED) is 0.408. The molecule has 3 heterocycles. The van der Waals surface area contributed by atoms with E-state index in [0.29, 0.717) is 37.4 Å². The monoisotopic (exact) mass is 475 g/mol. The zero-order valence-corrected chi connectivity index (χ0v) is 20.0. The van der Waals surface area contributed by atoms with Gasteiger partial charge < -0.3 is 14.4 Å². The van der Waals surface area contributed by atoms with Gasteiger partial charge in [0, 0.05) is 43.2 Å². The zero-order chi connectivity index (χ0) is 23.8. The fourth-order valence-electron chi connectivity index (χ4n) is 4.63. The predicted molar refractivity (Wildman–Crippen MR) is 133 cm³/mol. The first-order valence-electron chi connectivity index (χ1n) is 11.4. The third kappa shape index (κ3) is 4.12. The number of aryl methyl sites for hydroxylation is 1. The summed E-state index contributed by atoms with van der Waals surface area (Å²) in [6, 6.07) is 17.7. The molecule has 0 spiro atoms. The van der Waals surface area contributed by atoms with Crippen LogP contribution >= 0.6 is 11.3 Å². The van der Waals surface area contributed by atoms with Gasteiger partial charge in [0.15, 0.2) is 0 Å². The number of piperazine rings is 1. The largest absolute Gasteiger partial charge is 0.334 e. The Morgan fingerprint density at radius 2 is 1.79 bits per heavy atom. The van der Waals surface area contributed by atoms with Crippen molar-refractivity contribution in [3.05, 3.63) is 94.2 Å². The van der Waals surface area contributed by atoms with Crippen molar-refractivity contribution in [2.45, 2.75) is 26.4 Å². The first kappa shape index (κ1) is 22.3. The van der Waals surface area contributed by atoms with Crippen LogP contribution in [0.5, 0.6) is 0 Å². The highest BCUT2D eigenvalue weighted by Crippen LogP contribution is 2.28. The molecule has 0 radical (unpaired) electrons. The van der Waals surface area contributed by atoms with E-state index in [1.54, 1.807) is 16.2 Å². The molecule has 0 bridgehead atoms. The molecule has 0 aliphatic carbocycles. The minimum Gasteiger partial charge on any atom is -0.334 e. The SMILES string of the molecule is Cc1ccccc1Cn1c(C(=O)N2CCN(C(=O)c3ccc(F)cc3)[C@@H](C)C2)cc2ccsc21. The Balaban J connectivity index is 1.37. The Labute approximate surface area is 202 Å². The fourth-order valence-corrected chi connectivity index (χ4v) is 5.53. The van der Waals surface area contributed by atoms with Gasteiger partial charge in [-0.25, -0.2) is 4.39 Å². The number of fused-ring (bicyclic) bond motifs is 1. The maximum Gasteiger partial charge on any atom is 0.270 e. The topological polar surface area (TPSA) is 45.6 Å². The molecular formula is C27H26FN3O2S. The number of amides is 2. The van der Waals surface area contributed by atoms with Gasteiger partial charge in [0.25, 0.3) is 11.8 Å². The van der Waals surface area contributed by atoms with Gasteiger partial charge >= 0.3 is 0 Å². The summed E-state index contributed by atoms with van der Waals surface area (Å²) in [7, 11) is 0. The molecule has 5 nitrogen and oxygen atoms in total. The molecule has 174 valence electrons. The summed E-state index contributed by atoms with van der Waals surface area (Å²) in [5.41, 5.74) is 3.52. The van der Waals surface area contributed by atoms with Gasteiger partial charge in [0.2, 0.25) is 0 Å². The maximum absolute atomic E-state index is 13.7. The van der Waals surface area contributed by atoms with Crippen molar-refractivity contribution in [3.8, 4) is 0 Å². The number of aromatic nitrogens is 1. The normalized spacial score (nSPS) is 16.3. The van der Waals surface area contributed by atoms with Crippen LogP contribution in [0.2, 0.25) is 0 Å². The van der Waals surface area contributed by atoms with Gasteiger partial charge in [0.1, 0.15) is 16.3 Å². The van der Waals surface area contributed by atoms with Crippen LogP contribution in [0.1, 0.15) is 38.9 Å². The number of benzene rings is 2. The van der Waals surface area contributed by atoms with Crippen LogP contribution in [0, 0.1) is 12.7 Å². The summed E-state index contributed by atoms with van der Waals surface area (Å²) in [5, 5.41) is 3.12. The Kier molecular flexibility index (Phi) is 5.96. The van der Waals surface area contributed by atoms with E-state index in [4.69, 9.17) is 0 Å². The molecule has 1 aliphatic heterocycles. The fraction of sp³-hybridized carbons (Fsp3) is 0.259. The van der Waals surface area contributed by atoms with Crippen molar-refractivity contribution >= 4 is 33.4 Å². The molecule has 1 saturated heterocycles. The molecule has 0 N–H and O–H groups in total. The Morgan fingerprint density at radius 3 is 2.53 bits per heavy atom. The van der Waals surface area contributed by atoms with Crippen LogP contribution in [0.25, 0.3) is 10.2 Å². The van der Waals surface area contributed by atoms with Gasteiger partial charge in [-0.15, -0.1) is 11.3 Å². The first-order valence-corrected chi connectivity index (χ1v) is 12.3. The van der Waals surface area contributed by atoms with E-state index in [0.717, 1.165) is 10.2 Å². The van der Waals surface area contributed by atoms with Crippen molar-refractivity contribution in [1.29, 1.82) is 0 Å². The van der Waals surface area contributed by atoms with Crippen LogP contribution in [-0.2, 0) is 6.54 Å². The van der Waals surface area contributed by atoms with Crippen molar-refractivity contribution in [3.63, 3.8) is 0 Å². The lowest BCUT2D eigenvalue weighted by Gasteiger charge is -2.40. The third-order valence-corrected chi connectivity index (χ3v) is 7.53. The molecule has 1 aliphatic rings. The Bertz CT molecular complexity index is 1360. The smallest absolute Gasteiger partial charge is 0.270 e. The lowest BCUT2D eigenvalue weighted by Crippen LogP contribution is -2.55. The summed E-state index contributed by atoms with van der Waals surface area (Å²) < 4.78 is 15.4. The summed E-state index contributed by atoms with van der Waals surface area (Å²) in [6.45, 7) is 6.03. The number of hydrogen-bond acceptors (Lipinski definition) is 3. The zero-order valence-electron chi connectivity index (χ0n) is 19.2.